The lowest BCUT2D eigenvalue weighted by molar-refractivity contribution is -0.388. The molecule has 1 unspecified atom stereocenters. The van der Waals surface area contributed by atoms with E-state index in [9.17, 15) is 58.3 Å². The molecule has 1 aliphatic rings. The molecule has 1 saturated heterocycles. The number of morpholine rings is 1. The lowest BCUT2D eigenvalue weighted by atomic mass is 10.3. The summed E-state index contributed by atoms with van der Waals surface area (Å²) in [5.74, 6) is -8.60. The minimum atomic E-state index is -7.03. The van der Waals surface area contributed by atoms with Crippen LogP contribution in [-0.4, -0.2) is 77.8 Å². The summed E-state index contributed by atoms with van der Waals surface area (Å²) in [6, 6.07) is 0.173. The van der Waals surface area contributed by atoms with Gasteiger partial charge in [-0.25, -0.2) is 8.42 Å². The topological polar surface area (TPSA) is 124 Å². The van der Waals surface area contributed by atoms with Crippen molar-refractivity contribution >= 4 is 32.2 Å². The van der Waals surface area contributed by atoms with Crippen LogP contribution in [0.25, 0.3) is 0 Å². The quantitative estimate of drug-likeness (QED) is 0.301. The number of rotatable bonds is 7. The van der Waals surface area contributed by atoms with E-state index in [4.69, 9.17) is 4.74 Å². The van der Waals surface area contributed by atoms with Crippen LogP contribution in [0.15, 0.2) is 28.0 Å². The molecule has 1 aromatic carbocycles. The first-order chi connectivity index (χ1) is 14.9. The molecule has 186 valence electrons. The maximum atomic E-state index is 13.8. The molecule has 1 fully saturated rings. The van der Waals surface area contributed by atoms with Crippen LogP contribution in [0, 0.1) is 10.1 Å². The normalized spacial score (nSPS) is 17.0. The van der Waals surface area contributed by atoms with Gasteiger partial charge in [0, 0.05) is 19.2 Å². The second-order valence-corrected chi connectivity index (χ2v) is 9.87. The number of benzene rings is 1. The number of carbonyl (C=O) groups excluding carboxylic acids is 1. The summed E-state index contributed by atoms with van der Waals surface area (Å²) < 4.78 is 132. The van der Waals surface area contributed by atoms with Gasteiger partial charge in [-0.1, -0.05) is 0 Å². The average Bonchev–Trinajstić information content (AvgIpc) is 2.72. The average molecular weight is 530 g/mol. The molecule has 0 spiro atoms. The molecule has 1 heterocycles. The third-order valence-electron chi connectivity index (χ3n) is 4.36. The molecule has 9 nitrogen and oxygen atoms in total. The Balaban J connectivity index is 2.44. The van der Waals surface area contributed by atoms with Gasteiger partial charge in [0.05, 0.1) is 33.8 Å². The first kappa shape index (κ1) is 26.9. The van der Waals surface area contributed by atoms with Crippen molar-refractivity contribution in [2.75, 3.05) is 32.1 Å². The van der Waals surface area contributed by atoms with Crippen LogP contribution in [0.3, 0.4) is 0 Å². The smallest absolute Gasteiger partial charge is 0.378 e. The zero-order valence-electron chi connectivity index (χ0n) is 16.0. The number of hydrogen-bond donors (Lipinski definition) is 0. The van der Waals surface area contributed by atoms with Crippen molar-refractivity contribution in [3.05, 3.63) is 28.3 Å². The van der Waals surface area contributed by atoms with E-state index in [1.165, 1.54) is 4.90 Å². The van der Waals surface area contributed by atoms with Gasteiger partial charge in [0.25, 0.3) is 15.5 Å². The van der Waals surface area contributed by atoms with Crippen molar-refractivity contribution in [2.45, 2.75) is 27.1 Å². The van der Waals surface area contributed by atoms with E-state index in [1.807, 2.05) is 0 Å². The minimum Gasteiger partial charge on any atom is -0.378 e. The van der Waals surface area contributed by atoms with Crippen LogP contribution in [0.5, 0.6) is 0 Å². The molecule has 2 rings (SSSR count). The highest BCUT2D eigenvalue weighted by molar-refractivity contribution is 7.92. The molecule has 33 heavy (non-hydrogen) atoms. The summed E-state index contributed by atoms with van der Waals surface area (Å²) in [6.45, 7) is 0.583. The lowest BCUT2D eigenvalue weighted by Gasteiger charge is -2.27. The van der Waals surface area contributed by atoms with Crippen molar-refractivity contribution in [3.63, 3.8) is 0 Å². The Labute approximate surface area is 183 Å². The Bertz CT molecular complexity index is 1070. The zero-order valence-corrected chi connectivity index (χ0v) is 17.6. The Morgan fingerprint density at radius 2 is 1.67 bits per heavy atom. The summed E-state index contributed by atoms with van der Waals surface area (Å²) in [5, 5.41) is 4.52. The standard InChI is InChI=1S/C15H13F7N2O7S2/c16-13(17,14(18,19)20)15(21,22)33(29,30)9-1-2-11(10(7-9)24(26)27)32(28)8-12(25)23-3-5-31-6-4-23/h1-2,7H,3-6,8H2. The van der Waals surface area contributed by atoms with Crippen LogP contribution >= 0.6 is 0 Å². The summed E-state index contributed by atoms with van der Waals surface area (Å²) in [7, 11) is -9.33. The van der Waals surface area contributed by atoms with E-state index in [-0.39, 0.29) is 38.4 Å². The third-order valence-corrected chi connectivity index (χ3v) is 7.51. The molecule has 0 saturated carbocycles. The summed E-state index contributed by atoms with van der Waals surface area (Å²) in [5.41, 5.74) is -1.43. The fourth-order valence-corrected chi connectivity index (χ4v) is 4.99. The van der Waals surface area contributed by atoms with Gasteiger partial charge in [-0.3, -0.25) is 19.1 Å². The lowest BCUT2D eigenvalue weighted by Crippen LogP contribution is -2.55. The number of nitro groups is 1. The van der Waals surface area contributed by atoms with E-state index in [0.717, 1.165) is 0 Å². The van der Waals surface area contributed by atoms with Crippen LogP contribution in [-0.2, 0) is 30.2 Å². The Hall–Kier alpha value is -2.34. The number of ether oxygens (including phenoxy) is 1. The molecule has 0 aromatic heterocycles. The Morgan fingerprint density at radius 1 is 1.12 bits per heavy atom. The summed E-state index contributed by atoms with van der Waals surface area (Å²) >= 11 is 0. The van der Waals surface area contributed by atoms with Crippen LogP contribution in [0.4, 0.5) is 36.4 Å². The fraction of sp³-hybridized carbons (Fsp3) is 0.533. The van der Waals surface area contributed by atoms with Crippen LogP contribution < -0.4 is 0 Å². The van der Waals surface area contributed by atoms with Gasteiger partial charge in [0.1, 0.15) is 10.6 Å². The van der Waals surface area contributed by atoms with E-state index < -0.39 is 70.1 Å². The first-order valence-electron chi connectivity index (χ1n) is 8.54. The van der Waals surface area contributed by atoms with E-state index in [1.54, 1.807) is 0 Å². The van der Waals surface area contributed by atoms with Gasteiger partial charge < -0.3 is 9.64 Å². The Kier molecular flexibility index (Phi) is 7.44. The fourth-order valence-electron chi connectivity index (χ4n) is 2.58. The number of sulfone groups is 1. The highest BCUT2D eigenvalue weighted by atomic mass is 32.2. The van der Waals surface area contributed by atoms with E-state index >= 15 is 0 Å². The molecular weight excluding hydrogens is 517 g/mol. The number of hydrogen-bond acceptors (Lipinski definition) is 7. The first-order valence-corrected chi connectivity index (χ1v) is 11.3. The second kappa shape index (κ2) is 9.13. The van der Waals surface area contributed by atoms with E-state index in [0.29, 0.717) is 6.07 Å². The number of amides is 1. The van der Waals surface area contributed by atoms with Crippen molar-refractivity contribution in [2.24, 2.45) is 0 Å². The van der Waals surface area contributed by atoms with Crippen LogP contribution in [0.2, 0.25) is 0 Å². The second-order valence-electron chi connectivity index (χ2n) is 6.46. The number of carbonyl (C=O) groups is 1. The molecule has 1 atom stereocenters. The van der Waals surface area contributed by atoms with Gasteiger partial charge in [-0.15, -0.1) is 0 Å². The van der Waals surface area contributed by atoms with Gasteiger partial charge in [-0.05, 0) is 12.1 Å². The van der Waals surface area contributed by atoms with Gasteiger partial charge >= 0.3 is 17.4 Å². The van der Waals surface area contributed by atoms with Crippen molar-refractivity contribution in [1.82, 2.24) is 4.90 Å². The van der Waals surface area contributed by atoms with Gasteiger partial charge in [0.2, 0.25) is 5.91 Å². The van der Waals surface area contributed by atoms with Crippen LogP contribution in [0.1, 0.15) is 0 Å². The summed E-state index contributed by atoms with van der Waals surface area (Å²) in [4.78, 5) is 20.4. The molecular formula is C15H13F7N2O7S2. The highest BCUT2D eigenvalue weighted by Crippen LogP contribution is 2.51. The Morgan fingerprint density at radius 3 is 2.15 bits per heavy atom. The number of nitro benzene ring substituents is 1. The predicted molar refractivity (Wildman–Crippen MR) is 94.9 cm³/mol. The van der Waals surface area contributed by atoms with Crippen molar-refractivity contribution in [3.8, 4) is 0 Å². The zero-order chi connectivity index (χ0) is 25.4. The van der Waals surface area contributed by atoms with Crippen molar-refractivity contribution in [1.29, 1.82) is 0 Å². The summed E-state index contributed by atoms with van der Waals surface area (Å²) in [6.07, 6.45) is -6.96. The van der Waals surface area contributed by atoms with Gasteiger partial charge in [0.15, 0.2) is 0 Å². The SMILES string of the molecule is O=C(CS(=O)c1ccc(S(=O)(=O)C(F)(F)C(F)(F)C(F)(F)F)cc1[N+](=O)[O-])N1CCOCC1. The molecule has 1 amide bonds. The highest BCUT2D eigenvalue weighted by Gasteiger charge is 2.78. The number of nitrogens with zero attached hydrogens (tertiary/aromatic N) is 2. The minimum absolute atomic E-state index is 0.0646. The number of alkyl halides is 7. The molecule has 18 heteroatoms. The predicted octanol–water partition coefficient (Wildman–Crippen LogP) is 2.13. The number of halogens is 7. The largest absolute Gasteiger partial charge is 0.461 e. The maximum absolute atomic E-state index is 13.8. The van der Waals surface area contributed by atoms with Crippen molar-refractivity contribution < 1.29 is 57.8 Å². The van der Waals surface area contributed by atoms with Gasteiger partial charge in [-0.2, -0.15) is 30.7 Å². The monoisotopic (exact) mass is 530 g/mol. The molecule has 0 radical (unpaired) electrons. The molecule has 0 aliphatic carbocycles. The van der Waals surface area contributed by atoms with E-state index in [2.05, 4.69) is 0 Å². The third kappa shape index (κ3) is 4.96. The molecule has 0 N–H and O–H groups in total. The maximum Gasteiger partial charge on any atom is 0.461 e. The molecule has 1 aliphatic heterocycles. The molecule has 0 bridgehead atoms. The molecule has 1 aromatic rings.